The lowest BCUT2D eigenvalue weighted by Gasteiger charge is -2.29. The van der Waals surface area contributed by atoms with Crippen molar-refractivity contribution in [1.29, 1.82) is 0 Å². The average molecular weight is 476 g/mol. The highest BCUT2D eigenvalue weighted by Gasteiger charge is 2.27. The minimum absolute atomic E-state index is 0.126. The van der Waals surface area contributed by atoms with E-state index in [1.165, 1.54) is 0 Å². The largest absolute Gasteiger partial charge is 0.383 e. The van der Waals surface area contributed by atoms with Gasteiger partial charge >= 0.3 is 0 Å². The lowest BCUT2D eigenvalue weighted by atomic mass is 9.92. The van der Waals surface area contributed by atoms with E-state index < -0.39 is 10.0 Å². The van der Waals surface area contributed by atoms with Crippen LogP contribution in [0.5, 0.6) is 0 Å². The minimum atomic E-state index is -3.63. The maximum Gasteiger partial charge on any atom is 0.241 e. The quantitative estimate of drug-likeness (QED) is 0.499. The first kappa shape index (κ1) is 22.5. The maximum atomic E-state index is 12.8. The molecule has 4 N–H and O–H groups in total. The SMILES string of the molecule is Cc1c(Cl)cccc1S(=O)(=O)NC1CCC(Nc2nccc(-c3cnn(C)c3N)n2)CC1. The highest BCUT2D eigenvalue weighted by molar-refractivity contribution is 7.89. The number of halogens is 1. The summed E-state index contributed by atoms with van der Waals surface area (Å²) in [4.78, 5) is 9.11. The van der Waals surface area contributed by atoms with Gasteiger partial charge in [-0.15, -0.1) is 0 Å². The van der Waals surface area contributed by atoms with E-state index in [1.807, 2.05) is 0 Å². The fraction of sp³-hybridized carbons (Fsp3) is 0.381. The number of nitrogens with one attached hydrogen (secondary N) is 2. The van der Waals surface area contributed by atoms with E-state index >= 15 is 0 Å². The van der Waals surface area contributed by atoms with Crippen molar-refractivity contribution in [3.63, 3.8) is 0 Å². The number of nitrogen functional groups attached to an aromatic ring is 1. The molecule has 0 saturated heterocycles. The summed E-state index contributed by atoms with van der Waals surface area (Å²) in [6.45, 7) is 1.71. The second-order valence-electron chi connectivity index (χ2n) is 8.01. The Morgan fingerprint density at radius 2 is 1.88 bits per heavy atom. The molecule has 2 heterocycles. The van der Waals surface area contributed by atoms with Gasteiger partial charge in [0.05, 0.1) is 22.3 Å². The summed E-state index contributed by atoms with van der Waals surface area (Å²) in [5, 5.41) is 7.96. The molecule has 1 aliphatic rings. The molecule has 0 aliphatic heterocycles. The molecule has 1 aliphatic carbocycles. The number of nitrogens with zero attached hydrogens (tertiary/aromatic N) is 4. The third kappa shape index (κ3) is 4.72. The van der Waals surface area contributed by atoms with Gasteiger partial charge in [0.1, 0.15) is 5.82 Å². The number of rotatable bonds is 6. The minimum Gasteiger partial charge on any atom is -0.383 e. The van der Waals surface area contributed by atoms with Crippen molar-refractivity contribution < 1.29 is 8.42 Å². The van der Waals surface area contributed by atoms with E-state index in [4.69, 9.17) is 17.3 Å². The second-order valence-corrected chi connectivity index (χ2v) is 10.1. The molecule has 1 fully saturated rings. The second kappa shape index (κ2) is 9.05. The number of sulfonamides is 1. The van der Waals surface area contributed by atoms with Crippen molar-refractivity contribution in [2.24, 2.45) is 7.05 Å². The van der Waals surface area contributed by atoms with Gasteiger partial charge in [0.2, 0.25) is 16.0 Å². The Balaban J connectivity index is 1.37. The van der Waals surface area contributed by atoms with Crippen LogP contribution in [-0.4, -0.2) is 40.2 Å². The van der Waals surface area contributed by atoms with Gasteiger partial charge < -0.3 is 11.1 Å². The molecule has 4 rings (SSSR count). The van der Waals surface area contributed by atoms with Gasteiger partial charge in [0, 0.05) is 30.4 Å². The number of nitrogens with two attached hydrogens (primary N) is 1. The van der Waals surface area contributed by atoms with E-state index in [2.05, 4.69) is 25.1 Å². The predicted octanol–water partition coefficient (Wildman–Crippen LogP) is 3.12. The third-order valence-corrected chi connectivity index (χ3v) is 7.88. The molecular weight excluding hydrogens is 450 g/mol. The molecule has 3 aromatic rings. The fourth-order valence-electron chi connectivity index (χ4n) is 3.92. The average Bonchev–Trinajstić information content (AvgIpc) is 3.10. The normalized spacial score (nSPS) is 19.1. The topological polar surface area (TPSA) is 128 Å². The summed E-state index contributed by atoms with van der Waals surface area (Å²) in [6, 6.07) is 6.74. The van der Waals surface area contributed by atoms with E-state index in [0.29, 0.717) is 40.9 Å². The first-order valence-electron chi connectivity index (χ1n) is 10.4. The monoisotopic (exact) mass is 475 g/mol. The molecule has 1 saturated carbocycles. The highest BCUT2D eigenvalue weighted by atomic mass is 35.5. The molecule has 0 radical (unpaired) electrons. The van der Waals surface area contributed by atoms with Gasteiger partial charge in [-0.1, -0.05) is 17.7 Å². The summed E-state index contributed by atoms with van der Waals surface area (Å²) >= 11 is 6.09. The van der Waals surface area contributed by atoms with Gasteiger partial charge in [0.25, 0.3) is 0 Å². The van der Waals surface area contributed by atoms with E-state index in [9.17, 15) is 8.42 Å². The van der Waals surface area contributed by atoms with Crippen molar-refractivity contribution in [2.75, 3.05) is 11.1 Å². The highest BCUT2D eigenvalue weighted by Crippen LogP contribution is 2.27. The molecule has 0 atom stereocenters. The van der Waals surface area contributed by atoms with Gasteiger partial charge in [-0.3, -0.25) is 4.68 Å². The molecule has 0 spiro atoms. The van der Waals surface area contributed by atoms with E-state index in [1.54, 1.807) is 55.3 Å². The van der Waals surface area contributed by atoms with Crippen LogP contribution >= 0.6 is 11.6 Å². The molecule has 9 nitrogen and oxygen atoms in total. The third-order valence-electron chi connectivity index (χ3n) is 5.81. The summed E-state index contributed by atoms with van der Waals surface area (Å²) < 4.78 is 30.1. The van der Waals surface area contributed by atoms with Crippen LogP contribution in [-0.2, 0) is 17.1 Å². The van der Waals surface area contributed by atoms with Gasteiger partial charge in [-0.2, -0.15) is 5.10 Å². The van der Waals surface area contributed by atoms with Crippen LogP contribution in [0.1, 0.15) is 31.2 Å². The van der Waals surface area contributed by atoms with Crippen LogP contribution in [0, 0.1) is 6.92 Å². The number of aryl methyl sites for hydroxylation is 1. The van der Waals surface area contributed by atoms with Gasteiger partial charge in [-0.05, 0) is 56.4 Å². The van der Waals surface area contributed by atoms with Crippen LogP contribution in [0.4, 0.5) is 11.8 Å². The smallest absolute Gasteiger partial charge is 0.241 e. The molecule has 0 amide bonds. The molecule has 0 bridgehead atoms. The number of anilines is 2. The van der Waals surface area contributed by atoms with Crippen LogP contribution in [0.15, 0.2) is 41.6 Å². The fourth-order valence-corrected chi connectivity index (χ4v) is 5.73. The Morgan fingerprint density at radius 1 is 1.16 bits per heavy atom. The summed E-state index contributed by atoms with van der Waals surface area (Å²) in [7, 11) is -1.85. The Kier molecular flexibility index (Phi) is 6.36. The molecule has 170 valence electrons. The maximum absolute atomic E-state index is 12.8. The van der Waals surface area contributed by atoms with E-state index in [0.717, 1.165) is 18.4 Å². The van der Waals surface area contributed by atoms with Crippen molar-refractivity contribution in [1.82, 2.24) is 24.5 Å². The zero-order valence-corrected chi connectivity index (χ0v) is 19.5. The predicted molar refractivity (Wildman–Crippen MR) is 125 cm³/mol. The Hall–Kier alpha value is -2.69. The van der Waals surface area contributed by atoms with Crippen LogP contribution < -0.4 is 15.8 Å². The summed E-state index contributed by atoms with van der Waals surface area (Å²) in [5.41, 5.74) is 8.07. The van der Waals surface area contributed by atoms with Crippen LogP contribution in [0.2, 0.25) is 5.02 Å². The molecule has 11 heteroatoms. The standard InChI is InChI=1S/C21H26ClN7O2S/c1-13-17(22)4-3-5-19(13)32(30,31)28-15-8-6-14(7-9-15)26-21-24-11-10-18(27-21)16-12-25-29(2)20(16)23/h3-5,10-12,14-15,28H,6-9,23H2,1-2H3,(H,24,26,27). The lowest BCUT2D eigenvalue weighted by molar-refractivity contribution is 0.386. The Bertz CT molecular complexity index is 1220. The molecule has 1 aromatic carbocycles. The summed E-state index contributed by atoms with van der Waals surface area (Å²) in [6.07, 6.45) is 6.39. The van der Waals surface area contributed by atoms with Gasteiger partial charge in [0.15, 0.2) is 0 Å². The number of hydrogen-bond acceptors (Lipinski definition) is 7. The van der Waals surface area contributed by atoms with Crippen molar-refractivity contribution in [3.05, 3.63) is 47.2 Å². The molecular formula is C21H26ClN7O2S. The lowest BCUT2D eigenvalue weighted by Crippen LogP contribution is -2.40. The van der Waals surface area contributed by atoms with Crippen LogP contribution in [0.25, 0.3) is 11.3 Å². The summed E-state index contributed by atoms with van der Waals surface area (Å²) in [5.74, 6) is 1.06. The number of hydrogen-bond donors (Lipinski definition) is 3. The van der Waals surface area contributed by atoms with Crippen molar-refractivity contribution in [2.45, 2.75) is 49.6 Å². The van der Waals surface area contributed by atoms with Gasteiger partial charge in [-0.25, -0.2) is 23.1 Å². The molecule has 0 unspecified atom stereocenters. The molecule has 2 aromatic heterocycles. The first-order chi connectivity index (χ1) is 15.2. The first-order valence-corrected chi connectivity index (χ1v) is 12.3. The van der Waals surface area contributed by atoms with E-state index in [-0.39, 0.29) is 17.0 Å². The van der Waals surface area contributed by atoms with Crippen molar-refractivity contribution >= 4 is 33.4 Å². The number of aromatic nitrogens is 4. The van der Waals surface area contributed by atoms with Crippen LogP contribution in [0.3, 0.4) is 0 Å². The zero-order chi connectivity index (χ0) is 22.9. The van der Waals surface area contributed by atoms with Crippen molar-refractivity contribution in [3.8, 4) is 11.3 Å². The Labute approximate surface area is 192 Å². The number of benzene rings is 1. The zero-order valence-electron chi connectivity index (χ0n) is 17.9. The molecule has 32 heavy (non-hydrogen) atoms. The Morgan fingerprint density at radius 3 is 2.56 bits per heavy atom.